The largest absolute Gasteiger partial charge is 0.378 e. The Morgan fingerprint density at radius 2 is 2.00 bits per heavy atom. The minimum atomic E-state index is 0.441. The zero-order chi connectivity index (χ0) is 19.3. The topological polar surface area (TPSA) is 59.3 Å². The molecule has 2 bridgehead atoms. The average Bonchev–Trinajstić information content (AvgIpc) is 3.16. The fraction of sp³-hybridized carbons (Fsp3) is 0.667. The number of nitrogens with zero attached hydrogens (tertiary/aromatic N) is 6. The van der Waals surface area contributed by atoms with Crippen LogP contribution in [-0.4, -0.2) is 57.0 Å². The molecule has 2 fully saturated rings. The van der Waals surface area contributed by atoms with Crippen LogP contribution in [0.25, 0.3) is 0 Å². The molecule has 5 rings (SSSR count). The van der Waals surface area contributed by atoms with Crippen molar-refractivity contribution in [3.05, 3.63) is 34.4 Å². The van der Waals surface area contributed by atoms with Gasteiger partial charge in [-0.25, -0.2) is 9.97 Å². The van der Waals surface area contributed by atoms with Crippen LogP contribution < -0.4 is 4.90 Å². The predicted molar refractivity (Wildman–Crippen MR) is 107 cm³/mol. The standard InChI is InChI=1S/C21H30N6O/c1-4-27-15(3)18(14(2)24-27)13-26-16-5-6-20(26)17-12-22-21(23-19(17)11-16)25-7-9-28-10-8-25/h12,16,20H,4-11,13H2,1-3H3. The van der Waals surface area contributed by atoms with Gasteiger partial charge in [-0.05, 0) is 33.6 Å². The molecular weight excluding hydrogens is 352 g/mol. The molecule has 0 radical (unpaired) electrons. The van der Waals surface area contributed by atoms with Gasteiger partial charge in [0.15, 0.2) is 0 Å². The summed E-state index contributed by atoms with van der Waals surface area (Å²) in [6.45, 7) is 11.7. The zero-order valence-electron chi connectivity index (χ0n) is 17.2. The van der Waals surface area contributed by atoms with E-state index in [1.54, 1.807) is 0 Å². The highest BCUT2D eigenvalue weighted by atomic mass is 16.5. The summed E-state index contributed by atoms with van der Waals surface area (Å²) in [6, 6.07) is 1.02. The van der Waals surface area contributed by atoms with E-state index in [1.807, 2.05) is 0 Å². The second-order valence-electron chi connectivity index (χ2n) is 8.26. The van der Waals surface area contributed by atoms with Crippen LogP contribution in [0.5, 0.6) is 0 Å². The molecule has 2 aromatic heterocycles. The summed E-state index contributed by atoms with van der Waals surface area (Å²) in [7, 11) is 0. The van der Waals surface area contributed by atoms with Crippen molar-refractivity contribution >= 4 is 5.95 Å². The van der Waals surface area contributed by atoms with E-state index in [4.69, 9.17) is 19.8 Å². The molecule has 2 saturated heterocycles. The van der Waals surface area contributed by atoms with E-state index in [-0.39, 0.29) is 0 Å². The Balaban J connectivity index is 1.41. The lowest BCUT2D eigenvalue weighted by Gasteiger charge is -2.36. The molecule has 7 nitrogen and oxygen atoms in total. The van der Waals surface area contributed by atoms with E-state index in [2.05, 4.69) is 41.4 Å². The number of hydrogen-bond acceptors (Lipinski definition) is 6. The molecule has 3 aliphatic heterocycles. The van der Waals surface area contributed by atoms with Crippen LogP contribution in [-0.2, 0) is 24.2 Å². The first-order chi connectivity index (χ1) is 13.7. The van der Waals surface area contributed by atoms with Crippen LogP contribution in [0.3, 0.4) is 0 Å². The van der Waals surface area contributed by atoms with Gasteiger partial charge in [-0.1, -0.05) is 0 Å². The molecule has 2 atom stereocenters. The zero-order valence-corrected chi connectivity index (χ0v) is 17.2. The first kappa shape index (κ1) is 18.1. The van der Waals surface area contributed by atoms with Crippen LogP contribution in [0.1, 0.15) is 54.0 Å². The van der Waals surface area contributed by atoms with Gasteiger partial charge in [0.05, 0.1) is 24.6 Å². The molecule has 0 saturated carbocycles. The van der Waals surface area contributed by atoms with Crippen molar-refractivity contribution in [1.29, 1.82) is 0 Å². The van der Waals surface area contributed by atoms with E-state index in [1.165, 1.54) is 41.1 Å². The monoisotopic (exact) mass is 382 g/mol. The maximum absolute atomic E-state index is 5.47. The third-order valence-corrected chi connectivity index (χ3v) is 6.78. The van der Waals surface area contributed by atoms with Crippen molar-refractivity contribution < 1.29 is 4.74 Å². The maximum atomic E-state index is 5.47. The summed E-state index contributed by atoms with van der Waals surface area (Å²) in [5.74, 6) is 0.880. The maximum Gasteiger partial charge on any atom is 0.225 e. The number of ether oxygens (including phenoxy) is 1. The molecule has 2 unspecified atom stereocenters. The van der Waals surface area contributed by atoms with E-state index in [0.29, 0.717) is 12.1 Å². The van der Waals surface area contributed by atoms with Gasteiger partial charge in [0.2, 0.25) is 5.95 Å². The molecule has 0 spiro atoms. The molecule has 28 heavy (non-hydrogen) atoms. The number of rotatable bonds is 4. The summed E-state index contributed by atoms with van der Waals surface area (Å²) in [4.78, 5) is 14.7. The molecular formula is C21H30N6O. The lowest BCUT2D eigenvalue weighted by atomic mass is 9.98. The third-order valence-electron chi connectivity index (χ3n) is 6.78. The molecule has 7 heteroatoms. The van der Waals surface area contributed by atoms with E-state index in [9.17, 15) is 0 Å². The number of fused-ring (bicyclic) bond motifs is 4. The average molecular weight is 383 g/mol. The van der Waals surface area contributed by atoms with Crippen LogP contribution in [0, 0.1) is 13.8 Å². The highest BCUT2D eigenvalue weighted by Crippen LogP contribution is 2.44. The first-order valence-electron chi connectivity index (χ1n) is 10.6. The molecule has 2 aromatic rings. The first-order valence-corrected chi connectivity index (χ1v) is 10.6. The van der Waals surface area contributed by atoms with Crippen LogP contribution in [0.4, 0.5) is 5.95 Å². The summed E-state index contributed by atoms with van der Waals surface area (Å²) in [5.41, 5.74) is 6.47. The Labute approximate surface area is 166 Å². The highest BCUT2D eigenvalue weighted by molar-refractivity contribution is 5.38. The Morgan fingerprint density at radius 1 is 1.18 bits per heavy atom. The van der Waals surface area contributed by atoms with Gasteiger partial charge in [-0.2, -0.15) is 5.10 Å². The molecule has 0 amide bonds. The molecule has 3 aliphatic rings. The highest BCUT2D eigenvalue weighted by Gasteiger charge is 2.41. The van der Waals surface area contributed by atoms with Gasteiger partial charge in [-0.15, -0.1) is 0 Å². The summed E-state index contributed by atoms with van der Waals surface area (Å²) in [6.07, 6.45) is 5.58. The SMILES string of the molecule is CCn1nc(C)c(CN2C3CCC2c2cnc(N4CCOCC4)nc2C3)c1C. The quantitative estimate of drug-likeness (QED) is 0.809. The van der Waals surface area contributed by atoms with Crippen molar-refractivity contribution in [1.82, 2.24) is 24.6 Å². The van der Waals surface area contributed by atoms with Crippen molar-refractivity contribution in [2.45, 2.75) is 65.2 Å². The molecule has 150 valence electrons. The van der Waals surface area contributed by atoms with Crippen molar-refractivity contribution in [3.63, 3.8) is 0 Å². The van der Waals surface area contributed by atoms with Gasteiger partial charge in [0.1, 0.15) is 0 Å². The van der Waals surface area contributed by atoms with Gasteiger partial charge < -0.3 is 9.64 Å². The second kappa shape index (κ2) is 7.12. The summed E-state index contributed by atoms with van der Waals surface area (Å²) >= 11 is 0. The Hall–Kier alpha value is -1.99. The minimum Gasteiger partial charge on any atom is -0.378 e. The van der Waals surface area contributed by atoms with Crippen LogP contribution in [0.2, 0.25) is 0 Å². The summed E-state index contributed by atoms with van der Waals surface area (Å²) < 4.78 is 7.59. The minimum absolute atomic E-state index is 0.441. The lowest BCUT2D eigenvalue weighted by molar-refractivity contribution is 0.122. The van der Waals surface area contributed by atoms with Gasteiger partial charge in [0.25, 0.3) is 0 Å². The van der Waals surface area contributed by atoms with E-state index in [0.717, 1.165) is 51.8 Å². The van der Waals surface area contributed by atoms with Crippen molar-refractivity contribution in [2.75, 3.05) is 31.2 Å². The third kappa shape index (κ3) is 2.92. The Morgan fingerprint density at radius 3 is 2.75 bits per heavy atom. The van der Waals surface area contributed by atoms with Gasteiger partial charge in [0, 0.05) is 67.7 Å². The number of anilines is 1. The lowest BCUT2D eigenvalue weighted by Crippen LogP contribution is -2.40. The van der Waals surface area contributed by atoms with Gasteiger partial charge >= 0.3 is 0 Å². The molecule has 5 heterocycles. The number of aryl methyl sites for hydroxylation is 2. The second-order valence-corrected chi connectivity index (χ2v) is 8.26. The molecule has 0 aromatic carbocycles. The normalized spacial score (nSPS) is 24.6. The number of aromatic nitrogens is 4. The number of hydrogen-bond donors (Lipinski definition) is 0. The fourth-order valence-electron chi connectivity index (χ4n) is 5.18. The number of morpholine rings is 1. The van der Waals surface area contributed by atoms with Crippen LogP contribution in [0.15, 0.2) is 6.20 Å². The Bertz CT molecular complexity index is 872. The fourth-order valence-corrected chi connectivity index (χ4v) is 5.18. The van der Waals surface area contributed by atoms with E-state index >= 15 is 0 Å². The predicted octanol–water partition coefficient (Wildman–Crippen LogP) is 2.41. The smallest absolute Gasteiger partial charge is 0.225 e. The van der Waals surface area contributed by atoms with Crippen molar-refractivity contribution in [2.24, 2.45) is 0 Å². The Kier molecular flexibility index (Phi) is 4.59. The van der Waals surface area contributed by atoms with Crippen molar-refractivity contribution in [3.8, 4) is 0 Å². The molecule has 0 N–H and O–H groups in total. The molecule has 0 aliphatic carbocycles. The van der Waals surface area contributed by atoms with E-state index < -0.39 is 0 Å². The van der Waals surface area contributed by atoms with Gasteiger partial charge in [-0.3, -0.25) is 9.58 Å². The summed E-state index contributed by atoms with van der Waals surface area (Å²) in [5, 5.41) is 4.72. The van der Waals surface area contributed by atoms with Crippen LogP contribution >= 0.6 is 0 Å².